The Kier molecular flexibility index (Phi) is 4.49. The molecule has 1 N–H and O–H groups in total. The number of methoxy groups -OCH3 is 1. The second-order valence-corrected chi connectivity index (χ2v) is 7.37. The molecule has 1 amide bonds. The van der Waals surface area contributed by atoms with E-state index in [2.05, 4.69) is 0 Å². The summed E-state index contributed by atoms with van der Waals surface area (Å²) >= 11 is 0. The third-order valence-electron chi connectivity index (χ3n) is 6.02. The first kappa shape index (κ1) is 17.2. The average molecular weight is 355 g/mol. The number of rotatable bonds is 3. The molecule has 1 aromatic heterocycles. The first-order chi connectivity index (χ1) is 12.6. The summed E-state index contributed by atoms with van der Waals surface area (Å²) in [6.45, 7) is 0.509. The first-order valence-electron chi connectivity index (χ1n) is 9.34. The maximum atomic E-state index is 13.1. The fraction of sp³-hybridized carbons (Fsp3) is 0.476. The number of hydrogen-bond donors (Lipinski definition) is 1. The van der Waals surface area contributed by atoms with Crippen molar-refractivity contribution in [3.05, 3.63) is 54.0 Å². The summed E-state index contributed by atoms with van der Waals surface area (Å²) in [5.41, 5.74) is 0.240. The van der Waals surface area contributed by atoms with Gasteiger partial charge in [-0.3, -0.25) is 4.79 Å². The van der Waals surface area contributed by atoms with Crippen LogP contribution in [0, 0.1) is 5.92 Å². The molecule has 0 spiro atoms. The molecule has 3 atom stereocenters. The predicted octanol–water partition coefficient (Wildman–Crippen LogP) is 3.80. The lowest BCUT2D eigenvalue weighted by Crippen LogP contribution is -2.56. The molecule has 5 nitrogen and oxygen atoms in total. The minimum Gasteiger partial charge on any atom is -0.496 e. The maximum Gasteiger partial charge on any atom is 0.290 e. The quantitative estimate of drug-likeness (QED) is 0.910. The molecular formula is C21H25NO4. The van der Waals surface area contributed by atoms with E-state index in [0.29, 0.717) is 18.7 Å². The van der Waals surface area contributed by atoms with Gasteiger partial charge in [0.25, 0.3) is 5.91 Å². The van der Waals surface area contributed by atoms with Crippen molar-refractivity contribution in [2.45, 2.75) is 43.7 Å². The van der Waals surface area contributed by atoms with E-state index in [9.17, 15) is 9.90 Å². The Bertz CT molecular complexity index is 772. The Morgan fingerprint density at radius 1 is 1.23 bits per heavy atom. The molecule has 1 saturated heterocycles. The minimum atomic E-state index is -0.719. The summed E-state index contributed by atoms with van der Waals surface area (Å²) in [5, 5.41) is 11.3. The highest BCUT2D eigenvalue weighted by atomic mass is 16.5. The third-order valence-corrected chi connectivity index (χ3v) is 6.02. The van der Waals surface area contributed by atoms with E-state index in [0.717, 1.165) is 37.0 Å². The van der Waals surface area contributed by atoms with Crippen LogP contribution in [0.2, 0.25) is 0 Å². The van der Waals surface area contributed by atoms with Gasteiger partial charge in [0.05, 0.1) is 25.0 Å². The molecule has 26 heavy (non-hydrogen) atoms. The summed E-state index contributed by atoms with van der Waals surface area (Å²) in [7, 11) is 1.65. The molecule has 2 aromatic rings. The van der Waals surface area contributed by atoms with Gasteiger partial charge in [-0.2, -0.15) is 0 Å². The number of likely N-dealkylation sites (tertiary alicyclic amines) is 1. The number of para-hydroxylation sites is 1. The summed E-state index contributed by atoms with van der Waals surface area (Å²) in [4.78, 5) is 15.0. The zero-order valence-electron chi connectivity index (χ0n) is 15.1. The number of furan rings is 1. The second-order valence-electron chi connectivity index (χ2n) is 7.37. The summed E-state index contributed by atoms with van der Waals surface area (Å²) in [6, 6.07) is 11.0. The van der Waals surface area contributed by atoms with Crippen molar-refractivity contribution < 1.29 is 19.1 Å². The summed E-state index contributed by atoms with van der Waals surface area (Å²) in [5.74, 6) is 0.967. The van der Waals surface area contributed by atoms with Gasteiger partial charge in [0.2, 0.25) is 0 Å². The smallest absolute Gasteiger partial charge is 0.290 e. The molecule has 2 fully saturated rings. The van der Waals surface area contributed by atoms with Crippen molar-refractivity contribution in [2.24, 2.45) is 5.92 Å². The van der Waals surface area contributed by atoms with E-state index in [1.807, 2.05) is 29.2 Å². The summed E-state index contributed by atoms with van der Waals surface area (Å²) < 4.78 is 11.0. The van der Waals surface area contributed by atoms with Crippen molar-refractivity contribution in [3.63, 3.8) is 0 Å². The van der Waals surface area contributed by atoms with E-state index in [-0.39, 0.29) is 17.9 Å². The zero-order chi connectivity index (χ0) is 18.1. The molecule has 0 radical (unpaired) electrons. The molecule has 2 aliphatic rings. The van der Waals surface area contributed by atoms with E-state index in [4.69, 9.17) is 9.15 Å². The largest absolute Gasteiger partial charge is 0.496 e. The Labute approximate surface area is 153 Å². The van der Waals surface area contributed by atoms with Gasteiger partial charge in [0.15, 0.2) is 5.76 Å². The van der Waals surface area contributed by atoms with E-state index in [1.54, 1.807) is 19.2 Å². The van der Waals surface area contributed by atoms with Crippen LogP contribution < -0.4 is 4.74 Å². The van der Waals surface area contributed by atoms with Crippen LogP contribution in [-0.2, 0) is 0 Å². The molecule has 1 saturated carbocycles. The fourth-order valence-electron chi connectivity index (χ4n) is 4.75. The second kappa shape index (κ2) is 6.80. The van der Waals surface area contributed by atoms with Gasteiger partial charge in [0, 0.05) is 18.0 Å². The molecule has 138 valence electrons. The molecule has 5 heteroatoms. The van der Waals surface area contributed by atoms with E-state index in [1.165, 1.54) is 6.26 Å². The highest BCUT2D eigenvalue weighted by Gasteiger charge is 2.51. The SMILES string of the molecule is COc1ccccc1[C@H]1[C@H]2CCCC[C@]2(O)CCN1C(=O)c1ccco1. The fourth-order valence-corrected chi connectivity index (χ4v) is 4.75. The number of carbonyl (C=O) groups is 1. The van der Waals surface area contributed by atoms with Gasteiger partial charge in [-0.05, 0) is 37.5 Å². The maximum absolute atomic E-state index is 13.1. The minimum absolute atomic E-state index is 0.000197. The number of amides is 1. The lowest BCUT2D eigenvalue weighted by atomic mass is 9.66. The van der Waals surface area contributed by atoms with Gasteiger partial charge in [-0.15, -0.1) is 0 Å². The standard InChI is InChI=1S/C21H25NO4/c1-25-17-9-3-2-7-15(17)19-16-8-4-5-11-21(16,24)12-13-22(19)20(23)18-10-6-14-26-18/h2-3,6-7,9-10,14,16,19,24H,4-5,8,11-13H2,1H3/t16-,19+,21+/m1/s1. The van der Waals surface area contributed by atoms with Crippen molar-refractivity contribution >= 4 is 5.91 Å². The Balaban J connectivity index is 1.79. The number of benzene rings is 1. The van der Waals surface area contributed by atoms with Crippen molar-refractivity contribution in [1.29, 1.82) is 0 Å². The number of nitrogens with zero attached hydrogens (tertiary/aromatic N) is 1. The monoisotopic (exact) mass is 355 g/mol. The number of ether oxygens (including phenoxy) is 1. The number of fused-ring (bicyclic) bond motifs is 1. The van der Waals surface area contributed by atoms with Gasteiger partial charge in [-0.1, -0.05) is 31.0 Å². The Morgan fingerprint density at radius 3 is 2.85 bits per heavy atom. The van der Waals surface area contributed by atoms with Crippen LogP contribution in [0.3, 0.4) is 0 Å². The van der Waals surface area contributed by atoms with Crippen LogP contribution in [-0.4, -0.2) is 35.2 Å². The van der Waals surface area contributed by atoms with Crippen molar-refractivity contribution in [1.82, 2.24) is 4.90 Å². The molecule has 0 bridgehead atoms. The third kappa shape index (κ3) is 2.80. The molecule has 2 heterocycles. The summed E-state index contributed by atoms with van der Waals surface area (Å²) in [6.07, 6.45) is 5.94. The van der Waals surface area contributed by atoms with Crippen LogP contribution in [0.25, 0.3) is 0 Å². The van der Waals surface area contributed by atoms with E-state index >= 15 is 0 Å². The van der Waals surface area contributed by atoms with Crippen LogP contribution >= 0.6 is 0 Å². The topological polar surface area (TPSA) is 62.9 Å². The number of aliphatic hydroxyl groups is 1. The van der Waals surface area contributed by atoms with Crippen molar-refractivity contribution in [2.75, 3.05) is 13.7 Å². The first-order valence-corrected chi connectivity index (χ1v) is 9.34. The van der Waals surface area contributed by atoms with Crippen molar-refractivity contribution in [3.8, 4) is 5.75 Å². The zero-order valence-corrected chi connectivity index (χ0v) is 15.1. The van der Waals surface area contributed by atoms with Crippen LogP contribution in [0.5, 0.6) is 5.75 Å². The number of hydrogen-bond acceptors (Lipinski definition) is 4. The normalized spacial score (nSPS) is 28.5. The number of piperidine rings is 1. The highest BCUT2D eigenvalue weighted by molar-refractivity contribution is 5.92. The molecule has 4 rings (SSSR count). The van der Waals surface area contributed by atoms with Crippen LogP contribution in [0.1, 0.15) is 54.3 Å². The van der Waals surface area contributed by atoms with Gasteiger partial charge >= 0.3 is 0 Å². The molecular weight excluding hydrogens is 330 g/mol. The Morgan fingerprint density at radius 2 is 2.08 bits per heavy atom. The van der Waals surface area contributed by atoms with Gasteiger partial charge in [0.1, 0.15) is 5.75 Å². The van der Waals surface area contributed by atoms with Crippen LogP contribution in [0.15, 0.2) is 47.1 Å². The highest BCUT2D eigenvalue weighted by Crippen LogP contribution is 2.51. The average Bonchev–Trinajstić information content (AvgIpc) is 3.21. The molecule has 1 aliphatic heterocycles. The predicted molar refractivity (Wildman–Crippen MR) is 97.0 cm³/mol. The van der Waals surface area contributed by atoms with Crippen LogP contribution in [0.4, 0.5) is 0 Å². The van der Waals surface area contributed by atoms with E-state index < -0.39 is 5.60 Å². The molecule has 0 unspecified atom stereocenters. The Hall–Kier alpha value is -2.27. The van der Waals surface area contributed by atoms with Gasteiger partial charge < -0.3 is 19.2 Å². The lowest BCUT2D eigenvalue weighted by Gasteiger charge is -2.52. The number of carbonyl (C=O) groups excluding carboxylic acids is 1. The molecule has 1 aromatic carbocycles. The lowest BCUT2D eigenvalue weighted by molar-refractivity contribution is -0.115. The van der Waals surface area contributed by atoms with Gasteiger partial charge in [-0.25, -0.2) is 0 Å². The molecule has 1 aliphatic carbocycles.